The van der Waals surface area contributed by atoms with Crippen molar-refractivity contribution in [3.8, 4) is 11.4 Å². The molecule has 2 aliphatic rings. The minimum Gasteiger partial charge on any atom is -0.337 e. The van der Waals surface area contributed by atoms with Crippen molar-refractivity contribution in [3.63, 3.8) is 0 Å². The Kier molecular flexibility index (Phi) is 5.44. The van der Waals surface area contributed by atoms with Gasteiger partial charge in [-0.2, -0.15) is 4.98 Å². The molecule has 0 spiro atoms. The summed E-state index contributed by atoms with van der Waals surface area (Å²) in [6, 6.07) is 11.0. The molecule has 1 aliphatic heterocycles. The molecule has 3 amide bonds. The summed E-state index contributed by atoms with van der Waals surface area (Å²) in [5.74, 6) is -0.122. The number of fused-ring (bicyclic) bond motifs is 1. The third-order valence-corrected chi connectivity index (χ3v) is 6.59. The fraction of sp³-hybridized carbons (Fsp3) is 0.360. The van der Waals surface area contributed by atoms with E-state index < -0.39 is 0 Å². The van der Waals surface area contributed by atoms with Crippen LogP contribution >= 0.6 is 0 Å². The molecule has 1 aromatic heterocycles. The average Bonchev–Trinajstić information content (AvgIpc) is 3.28. The molecule has 0 radical (unpaired) electrons. The topological polar surface area (TPSA) is 79.5 Å². The maximum Gasteiger partial charge on any atom is 0.332 e. The number of carbonyl (C=O) groups is 2. The van der Waals surface area contributed by atoms with Gasteiger partial charge in [0, 0.05) is 11.6 Å². The zero-order chi connectivity index (χ0) is 23.1. The standard InChI is InChI=1S/C25H25FN4O3/c1-15-7-8-16(2)21(13-15)30-24(31)19-5-3-4-6-20(19)29(25(30)32)14-22-27-23(28-33-22)17-9-11-18(26)12-10-17/h7-13,19-20H,3-6,14H2,1-2H3. The largest absolute Gasteiger partial charge is 0.337 e. The highest BCUT2D eigenvalue weighted by Crippen LogP contribution is 2.38. The lowest BCUT2D eigenvalue weighted by Gasteiger charge is -2.46. The highest BCUT2D eigenvalue weighted by atomic mass is 19.1. The predicted molar refractivity (Wildman–Crippen MR) is 120 cm³/mol. The van der Waals surface area contributed by atoms with Crippen molar-refractivity contribution in [1.82, 2.24) is 15.0 Å². The zero-order valence-corrected chi connectivity index (χ0v) is 18.6. The number of carbonyl (C=O) groups excluding carboxylic acids is 2. The maximum absolute atomic E-state index is 13.7. The predicted octanol–water partition coefficient (Wildman–Crippen LogP) is 5.02. The van der Waals surface area contributed by atoms with Gasteiger partial charge in [-0.1, -0.05) is 30.1 Å². The molecule has 170 valence electrons. The molecule has 1 saturated carbocycles. The zero-order valence-electron chi connectivity index (χ0n) is 18.6. The van der Waals surface area contributed by atoms with Crippen molar-refractivity contribution in [3.05, 3.63) is 65.3 Å². The van der Waals surface area contributed by atoms with Crippen LogP contribution < -0.4 is 4.90 Å². The monoisotopic (exact) mass is 448 g/mol. The number of anilines is 1. The van der Waals surface area contributed by atoms with Crippen molar-refractivity contribution in [2.45, 2.75) is 52.1 Å². The van der Waals surface area contributed by atoms with E-state index in [-0.39, 0.29) is 42.2 Å². The van der Waals surface area contributed by atoms with Gasteiger partial charge in [-0.15, -0.1) is 0 Å². The Labute approximate surface area is 191 Å². The van der Waals surface area contributed by atoms with Crippen molar-refractivity contribution in [2.75, 3.05) is 4.90 Å². The van der Waals surface area contributed by atoms with E-state index in [2.05, 4.69) is 10.1 Å². The summed E-state index contributed by atoms with van der Waals surface area (Å²) < 4.78 is 18.7. The first-order valence-corrected chi connectivity index (χ1v) is 11.2. The van der Waals surface area contributed by atoms with Gasteiger partial charge in [0.05, 0.1) is 11.6 Å². The lowest BCUT2D eigenvalue weighted by Crippen LogP contribution is -2.62. The van der Waals surface area contributed by atoms with Gasteiger partial charge in [-0.05, 0) is 68.1 Å². The molecule has 2 atom stereocenters. The molecule has 5 rings (SSSR count). The van der Waals surface area contributed by atoms with Gasteiger partial charge in [-0.25, -0.2) is 14.1 Å². The Morgan fingerprint density at radius 3 is 2.61 bits per heavy atom. The van der Waals surface area contributed by atoms with Gasteiger partial charge < -0.3 is 9.42 Å². The number of halogens is 1. The first-order valence-electron chi connectivity index (χ1n) is 11.2. The van der Waals surface area contributed by atoms with Crippen LogP contribution in [0, 0.1) is 25.6 Å². The van der Waals surface area contributed by atoms with Crippen LogP contribution in [-0.2, 0) is 11.3 Å². The Morgan fingerprint density at radius 2 is 1.82 bits per heavy atom. The summed E-state index contributed by atoms with van der Waals surface area (Å²) >= 11 is 0. The number of aromatic nitrogens is 2. The van der Waals surface area contributed by atoms with Gasteiger partial charge in [-0.3, -0.25) is 4.79 Å². The number of urea groups is 1. The molecule has 2 fully saturated rings. The quantitative estimate of drug-likeness (QED) is 0.560. The number of hydrogen-bond donors (Lipinski definition) is 0. The molecule has 33 heavy (non-hydrogen) atoms. The van der Waals surface area contributed by atoms with Crippen LogP contribution in [0.4, 0.5) is 14.9 Å². The average molecular weight is 448 g/mol. The van der Waals surface area contributed by atoms with Gasteiger partial charge in [0.1, 0.15) is 12.4 Å². The first-order chi connectivity index (χ1) is 15.9. The molecular weight excluding hydrogens is 423 g/mol. The number of imide groups is 1. The van der Waals surface area contributed by atoms with Gasteiger partial charge in [0.25, 0.3) is 0 Å². The number of benzene rings is 2. The molecule has 0 N–H and O–H groups in total. The second-order valence-corrected chi connectivity index (χ2v) is 8.85. The van der Waals surface area contributed by atoms with Crippen molar-refractivity contribution >= 4 is 17.6 Å². The molecule has 1 aliphatic carbocycles. The minimum absolute atomic E-state index is 0.114. The molecule has 0 bridgehead atoms. The van der Waals surface area contributed by atoms with E-state index in [4.69, 9.17) is 4.52 Å². The summed E-state index contributed by atoms with van der Waals surface area (Å²) in [7, 11) is 0. The molecule has 2 aromatic carbocycles. The molecular formula is C25H25FN4O3. The molecule has 2 unspecified atom stereocenters. The minimum atomic E-state index is -0.363. The van der Waals surface area contributed by atoms with Crippen molar-refractivity contribution in [1.29, 1.82) is 0 Å². The van der Waals surface area contributed by atoms with E-state index in [1.54, 1.807) is 17.0 Å². The lowest BCUT2D eigenvalue weighted by atomic mass is 9.81. The van der Waals surface area contributed by atoms with Crippen LogP contribution in [0.15, 0.2) is 47.0 Å². The number of rotatable bonds is 4. The van der Waals surface area contributed by atoms with Gasteiger partial charge in [0.15, 0.2) is 0 Å². The maximum atomic E-state index is 13.7. The highest BCUT2D eigenvalue weighted by molar-refractivity contribution is 6.17. The van der Waals surface area contributed by atoms with E-state index in [0.717, 1.165) is 36.8 Å². The van der Waals surface area contributed by atoms with E-state index in [1.807, 2.05) is 32.0 Å². The Bertz CT molecular complexity index is 1210. The van der Waals surface area contributed by atoms with Gasteiger partial charge >= 0.3 is 6.03 Å². The third kappa shape index (κ3) is 3.90. The number of nitrogens with zero attached hydrogens (tertiary/aromatic N) is 4. The summed E-state index contributed by atoms with van der Waals surface area (Å²) in [6.07, 6.45) is 3.44. The SMILES string of the molecule is Cc1ccc(C)c(N2C(=O)C3CCCCC3N(Cc3nc(-c4ccc(F)cc4)no3)C2=O)c1. The highest BCUT2D eigenvalue weighted by Gasteiger charge is 2.48. The normalized spacial score (nSPS) is 20.8. The van der Waals surface area contributed by atoms with Crippen LogP contribution in [-0.4, -0.2) is 33.0 Å². The van der Waals surface area contributed by atoms with E-state index in [0.29, 0.717) is 17.1 Å². The Hall–Kier alpha value is -3.55. The number of aryl methyl sites for hydroxylation is 2. The van der Waals surface area contributed by atoms with Crippen LogP contribution in [0.5, 0.6) is 0 Å². The fourth-order valence-corrected chi connectivity index (χ4v) is 4.85. The summed E-state index contributed by atoms with van der Waals surface area (Å²) in [6.45, 7) is 3.96. The van der Waals surface area contributed by atoms with Crippen LogP contribution in [0.25, 0.3) is 11.4 Å². The summed E-state index contributed by atoms with van der Waals surface area (Å²) in [5, 5.41) is 4.00. The van der Waals surface area contributed by atoms with Crippen molar-refractivity contribution in [2.24, 2.45) is 5.92 Å². The second kappa shape index (κ2) is 8.42. The van der Waals surface area contributed by atoms with E-state index in [1.165, 1.54) is 17.0 Å². The third-order valence-electron chi connectivity index (χ3n) is 6.59. The van der Waals surface area contributed by atoms with Gasteiger partial charge in [0.2, 0.25) is 17.6 Å². The lowest BCUT2D eigenvalue weighted by molar-refractivity contribution is -0.127. The first kappa shape index (κ1) is 21.3. The Balaban J connectivity index is 1.48. The molecule has 7 nitrogen and oxygen atoms in total. The van der Waals surface area contributed by atoms with Crippen LogP contribution in [0.3, 0.4) is 0 Å². The van der Waals surface area contributed by atoms with E-state index in [9.17, 15) is 14.0 Å². The summed E-state index contributed by atoms with van der Waals surface area (Å²) in [4.78, 5) is 34.6. The second-order valence-electron chi connectivity index (χ2n) is 8.85. The Morgan fingerprint density at radius 1 is 1.06 bits per heavy atom. The van der Waals surface area contributed by atoms with Crippen molar-refractivity contribution < 1.29 is 18.5 Å². The fourth-order valence-electron chi connectivity index (χ4n) is 4.85. The number of hydrogen-bond acceptors (Lipinski definition) is 5. The number of amides is 3. The van der Waals surface area contributed by atoms with Crippen LogP contribution in [0.1, 0.15) is 42.7 Å². The molecule has 2 heterocycles. The summed E-state index contributed by atoms with van der Waals surface area (Å²) in [5.41, 5.74) is 3.10. The molecule has 8 heteroatoms. The molecule has 1 saturated heterocycles. The van der Waals surface area contributed by atoms with E-state index >= 15 is 0 Å². The smallest absolute Gasteiger partial charge is 0.332 e. The molecule has 3 aromatic rings. The van der Waals surface area contributed by atoms with Crippen LogP contribution in [0.2, 0.25) is 0 Å².